The molecule has 3 amide bonds. The number of imide groups is 1. The summed E-state index contributed by atoms with van der Waals surface area (Å²) in [6.45, 7) is 6.45. The Hall–Kier alpha value is -2.42. The van der Waals surface area contributed by atoms with Crippen LogP contribution in [0.5, 0.6) is 0 Å². The van der Waals surface area contributed by atoms with Crippen molar-refractivity contribution in [2.75, 3.05) is 12.3 Å². The fourth-order valence-electron chi connectivity index (χ4n) is 2.04. The summed E-state index contributed by atoms with van der Waals surface area (Å²) in [6.07, 6.45) is 0.807. The van der Waals surface area contributed by atoms with Crippen molar-refractivity contribution in [1.29, 1.82) is 0 Å². The third kappa shape index (κ3) is 4.79. The number of carbonyl (C=O) groups is 2. The van der Waals surface area contributed by atoms with Gasteiger partial charge in [-0.15, -0.1) is 5.10 Å². The molecule has 0 aliphatic carbocycles. The Balaban J connectivity index is 1.98. The second-order valence-electron chi connectivity index (χ2n) is 5.26. The molecule has 2 aromatic rings. The number of amides is 3. The molecule has 1 heterocycles. The first-order valence-electron chi connectivity index (χ1n) is 7.57. The van der Waals surface area contributed by atoms with Crippen LogP contribution in [-0.4, -0.2) is 44.4 Å². The Morgan fingerprint density at radius 1 is 1.29 bits per heavy atom. The topological polar surface area (TPSA) is 102 Å². The second-order valence-corrected chi connectivity index (χ2v) is 6.20. The fraction of sp³-hybridized carbons (Fsp3) is 0.400. The van der Waals surface area contributed by atoms with Crippen molar-refractivity contribution in [3.63, 3.8) is 0 Å². The summed E-state index contributed by atoms with van der Waals surface area (Å²) in [5.41, 5.74) is 3.04. The van der Waals surface area contributed by atoms with Gasteiger partial charge in [0.1, 0.15) is 0 Å². The van der Waals surface area contributed by atoms with Crippen molar-refractivity contribution in [1.82, 2.24) is 30.8 Å². The van der Waals surface area contributed by atoms with Crippen LogP contribution in [0.1, 0.15) is 24.5 Å². The van der Waals surface area contributed by atoms with E-state index in [1.54, 1.807) is 4.68 Å². The molecule has 0 aliphatic rings. The van der Waals surface area contributed by atoms with Gasteiger partial charge in [0.15, 0.2) is 0 Å². The summed E-state index contributed by atoms with van der Waals surface area (Å²) in [5.74, 6) is -0.353. The number of thioether (sulfide) groups is 1. The number of hydrogen-bond acceptors (Lipinski definition) is 6. The lowest BCUT2D eigenvalue weighted by Crippen LogP contribution is -2.40. The van der Waals surface area contributed by atoms with Crippen LogP contribution in [-0.2, 0) is 4.79 Å². The van der Waals surface area contributed by atoms with Gasteiger partial charge in [0, 0.05) is 6.54 Å². The monoisotopic (exact) mass is 348 g/mol. The SMILES string of the molecule is CCCNC(=O)NC(=O)CSc1nnnn1-c1ccc(C)cc1C. The highest BCUT2D eigenvalue weighted by molar-refractivity contribution is 7.99. The predicted octanol–water partition coefficient (Wildman–Crippen LogP) is 1.61. The molecule has 24 heavy (non-hydrogen) atoms. The number of urea groups is 1. The molecule has 0 spiro atoms. The first kappa shape index (κ1) is 17.9. The number of nitrogens with zero attached hydrogens (tertiary/aromatic N) is 4. The van der Waals surface area contributed by atoms with Crippen molar-refractivity contribution >= 4 is 23.7 Å². The van der Waals surface area contributed by atoms with E-state index in [2.05, 4.69) is 26.2 Å². The molecule has 0 fully saturated rings. The number of hydrogen-bond donors (Lipinski definition) is 2. The maximum atomic E-state index is 11.8. The molecule has 1 aromatic heterocycles. The lowest BCUT2D eigenvalue weighted by Gasteiger charge is -2.08. The summed E-state index contributed by atoms with van der Waals surface area (Å²) in [7, 11) is 0. The molecule has 8 nitrogen and oxygen atoms in total. The highest BCUT2D eigenvalue weighted by Crippen LogP contribution is 2.21. The first-order chi connectivity index (χ1) is 11.5. The summed E-state index contributed by atoms with van der Waals surface area (Å²) >= 11 is 1.17. The Morgan fingerprint density at radius 2 is 2.08 bits per heavy atom. The average molecular weight is 348 g/mol. The van der Waals surface area contributed by atoms with Gasteiger partial charge < -0.3 is 5.32 Å². The molecule has 1 aromatic carbocycles. The number of rotatable bonds is 6. The molecule has 0 saturated carbocycles. The van der Waals surface area contributed by atoms with Gasteiger partial charge in [0.05, 0.1) is 11.4 Å². The quantitative estimate of drug-likeness (QED) is 0.769. The molecule has 0 atom stereocenters. The normalized spacial score (nSPS) is 10.5. The largest absolute Gasteiger partial charge is 0.338 e. The number of aryl methyl sites for hydroxylation is 2. The summed E-state index contributed by atoms with van der Waals surface area (Å²) in [6, 6.07) is 5.46. The van der Waals surface area contributed by atoms with Gasteiger partial charge in [0.25, 0.3) is 0 Å². The summed E-state index contributed by atoms with van der Waals surface area (Å²) in [5, 5.41) is 16.9. The Labute approximate surface area is 144 Å². The zero-order valence-electron chi connectivity index (χ0n) is 13.9. The highest BCUT2D eigenvalue weighted by Gasteiger charge is 2.14. The van der Waals surface area contributed by atoms with Crippen molar-refractivity contribution < 1.29 is 9.59 Å². The van der Waals surface area contributed by atoms with Crippen LogP contribution in [0.3, 0.4) is 0 Å². The number of benzene rings is 1. The van der Waals surface area contributed by atoms with Crippen LogP contribution < -0.4 is 10.6 Å². The summed E-state index contributed by atoms with van der Waals surface area (Å²) < 4.78 is 1.59. The maximum Gasteiger partial charge on any atom is 0.321 e. The molecule has 0 bridgehead atoms. The molecule has 0 saturated heterocycles. The van der Waals surface area contributed by atoms with Gasteiger partial charge in [0.2, 0.25) is 11.1 Å². The predicted molar refractivity (Wildman–Crippen MR) is 91.2 cm³/mol. The smallest absolute Gasteiger partial charge is 0.321 e. The van der Waals surface area contributed by atoms with Crippen LogP contribution in [0.15, 0.2) is 23.4 Å². The van der Waals surface area contributed by atoms with Gasteiger partial charge in [-0.3, -0.25) is 10.1 Å². The Morgan fingerprint density at radius 3 is 2.79 bits per heavy atom. The summed E-state index contributed by atoms with van der Waals surface area (Å²) in [4.78, 5) is 23.2. The van der Waals surface area contributed by atoms with Gasteiger partial charge in [-0.05, 0) is 42.3 Å². The third-order valence-corrected chi connectivity index (χ3v) is 4.06. The number of nitrogens with one attached hydrogen (secondary N) is 2. The van der Waals surface area contributed by atoms with Crippen LogP contribution in [0, 0.1) is 13.8 Å². The van der Waals surface area contributed by atoms with Gasteiger partial charge in [-0.1, -0.05) is 36.4 Å². The van der Waals surface area contributed by atoms with E-state index >= 15 is 0 Å². The zero-order chi connectivity index (χ0) is 17.5. The van der Waals surface area contributed by atoms with E-state index in [0.717, 1.165) is 23.2 Å². The zero-order valence-corrected chi connectivity index (χ0v) is 14.7. The van der Waals surface area contributed by atoms with E-state index in [1.807, 2.05) is 39.0 Å². The van der Waals surface area contributed by atoms with Crippen LogP contribution >= 0.6 is 11.8 Å². The van der Waals surface area contributed by atoms with E-state index in [-0.39, 0.29) is 5.75 Å². The first-order valence-corrected chi connectivity index (χ1v) is 8.56. The van der Waals surface area contributed by atoms with Crippen molar-refractivity contribution in [3.05, 3.63) is 29.3 Å². The minimum absolute atomic E-state index is 0.0465. The van der Waals surface area contributed by atoms with E-state index in [9.17, 15) is 9.59 Å². The average Bonchev–Trinajstić information content (AvgIpc) is 2.99. The van der Waals surface area contributed by atoms with Crippen molar-refractivity contribution in [3.8, 4) is 5.69 Å². The van der Waals surface area contributed by atoms with Crippen LogP contribution in [0.25, 0.3) is 5.69 Å². The molecular weight excluding hydrogens is 328 g/mol. The molecule has 0 unspecified atom stereocenters. The van der Waals surface area contributed by atoms with Crippen LogP contribution in [0.4, 0.5) is 4.79 Å². The van der Waals surface area contributed by atoms with Crippen molar-refractivity contribution in [2.24, 2.45) is 0 Å². The van der Waals surface area contributed by atoms with Gasteiger partial charge in [-0.2, -0.15) is 4.68 Å². The van der Waals surface area contributed by atoms with E-state index in [0.29, 0.717) is 11.7 Å². The molecular formula is C15H20N6O2S. The lowest BCUT2D eigenvalue weighted by molar-refractivity contribution is -0.117. The minimum atomic E-state index is -0.489. The number of tetrazole rings is 1. The maximum absolute atomic E-state index is 11.8. The molecule has 2 N–H and O–H groups in total. The van der Waals surface area contributed by atoms with Gasteiger partial charge >= 0.3 is 6.03 Å². The Kier molecular flexibility index (Phi) is 6.30. The highest BCUT2D eigenvalue weighted by atomic mass is 32.2. The molecule has 128 valence electrons. The van der Waals surface area contributed by atoms with Gasteiger partial charge in [-0.25, -0.2) is 4.79 Å². The third-order valence-electron chi connectivity index (χ3n) is 3.14. The molecule has 0 radical (unpaired) electrons. The van der Waals surface area contributed by atoms with E-state index in [4.69, 9.17) is 0 Å². The van der Waals surface area contributed by atoms with Crippen molar-refractivity contribution in [2.45, 2.75) is 32.3 Å². The lowest BCUT2D eigenvalue weighted by atomic mass is 10.1. The Bertz CT molecular complexity index is 731. The molecule has 0 aliphatic heterocycles. The van der Waals surface area contributed by atoms with E-state index in [1.165, 1.54) is 11.8 Å². The molecule has 9 heteroatoms. The second kappa shape index (κ2) is 8.44. The minimum Gasteiger partial charge on any atom is -0.338 e. The van der Waals surface area contributed by atoms with E-state index < -0.39 is 11.9 Å². The van der Waals surface area contributed by atoms with Crippen LogP contribution in [0.2, 0.25) is 0 Å². The standard InChI is InChI=1S/C15H20N6O2S/c1-4-7-16-14(23)17-13(22)9-24-15-18-19-20-21(15)12-6-5-10(2)8-11(12)3/h5-6,8H,4,7,9H2,1-3H3,(H2,16,17,22,23). The number of aromatic nitrogens is 4. The number of carbonyl (C=O) groups excluding carboxylic acids is 2. The molecule has 2 rings (SSSR count). The fourth-order valence-corrected chi connectivity index (χ4v) is 2.72.